The molecule has 0 atom stereocenters. The van der Waals surface area contributed by atoms with Crippen LogP contribution >= 0.6 is 27.5 Å². The summed E-state index contributed by atoms with van der Waals surface area (Å²) >= 11 is 9.81. The van der Waals surface area contributed by atoms with Crippen molar-refractivity contribution in [2.75, 3.05) is 0 Å². The molecule has 3 heteroatoms. The quantitative estimate of drug-likeness (QED) is 0.553. The first kappa shape index (κ1) is 16.4. The molecule has 0 spiro atoms. The van der Waals surface area contributed by atoms with Gasteiger partial charge in [-0.2, -0.15) is 0 Å². The van der Waals surface area contributed by atoms with Crippen LogP contribution in [0.4, 0.5) is 0 Å². The molecule has 0 amide bonds. The summed E-state index contributed by atoms with van der Waals surface area (Å²) in [7, 11) is 0. The molecule has 21 heavy (non-hydrogen) atoms. The third-order valence-electron chi connectivity index (χ3n) is 3.35. The van der Waals surface area contributed by atoms with E-state index in [1.807, 2.05) is 18.2 Å². The number of ether oxygens (including phenoxy) is 1. The second-order valence-electron chi connectivity index (χ2n) is 6.21. The first-order chi connectivity index (χ1) is 9.82. The van der Waals surface area contributed by atoms with E-state index in [9.17, 15) is 0 Å². The lowest BCUT2D eigenvalue weighted by atomic mass is 9.86. The van der Waals surface area contributed by atoms with Gasteiger partial charge in [0.05, 0.1) is 5.02 Å². The molecule has 1 nitrogen and oxygen atoms in total. The number of alkyl halides is 1. The highest BCUT2D eigenvalue weighted by Crippen LogP contribution is 2.39. The summed E-state index contributed by atoms with van der Waals surface area (Å²) in [5.41, 5.74) is 3.40. The van der Waals surface area contributed by atoms with Crippen LogP contribution in [0.1, 0.15) is 37.5 Å². The van der Waals surface area contributed by atoms with Gasteiger partial charge < -0.3 is 4.74 Å². The zero-order valence-electron chi connectivity index (χ0n) is 12.8. The molecular weight excluding hydrogens is 348 g/mol. The lowest BCUT2D eigenvalue weighted by Gasteiger charge is -2.24. The smallest absolute Gasteiger partial charge is 0.150 e. The van der Waals surface area contributed by atoms with Gasteiger partial charge in [0.1, 0.15) is 11.5 Å². The van der Waals surface area contributed by atoms with Gasteiger partial charge in [0.25, 0.3) is 0 Å². The standard InChI is InChI=1S/C18H20BrClO/c1-12-8-9-14(18(2,3)4)16(10-12)21-17-13(11-19)6-5-7-15(17)20/h5-10H,11H2,1-4H3. The Morgan fingerprint density at radius 1 is 1.14 bits per heavy atom. The van der Waals surface area contributed by atoms with Gasteiger partial charge in [-0.15, -0.1) is 0 Å². The average Bonchev–Trinajstić information content (AvgIpc) is 2.39. The van der Waals surface area contributed by atoms with Crippen LogP contribution in [0.5, 0.6) is 11.5 Å². The second-order valence-corrected chi connectivity index (χ2v) is 7.18. The van der Waals surface area contributed by atoms with E-state index in [2.05, 4.69) is 61.8 Å². The molecule has 0 heterocycles. The fourth-order valence-corrected chi connectivity index (χ4v) is 2.89. The topological polar surface area (TPSA) is 9.23 Å². The molecule has 0 saturated heterocycles. The van der Waals surface area contributed by atoms with Crippen LogP contribution in [-0.2, 0) is 10.7 Å². The van der Waals surface area contributed by atoms with Crippen LogP contribution < -0.4 is 4.74 Å². The Labute approximate surface area is 140 Å². The van der Waals surface area contributed by atoms with Gasteiger partial charge in [-0.3, -0.25) is 0 Å². The number of halogens is 2. The summed E-state index contributed by atoms with van der Waals surface area (Å²) < 4.78 is 6.21. The van der Waals surface area contributed by atoms with Crippen LogP contribution in [0.15, 0.2) is 36.4 Å². The SMILES string of the molecule is Cc1ccc(C(C)(C)C)c(Oc2c(Cl)cccc2CBr)c1. The van der Waals surface area contributed by atoms with Crippen molar-refractivity contribution in [3.8, 4) is 11.5 Å². The van der Waals surface area contributed by atoms with Crippen molar-refractivity contribution >= 4 is 27.5 Å². The van der Waals surface area contributed by atoms with Crippen molar-refractivity contribution in [1.82, 2.24) is 0 Å². The molecule has 0 fully saturated rings. The van der Waals surface area contributed by atoms with Crippen molar-refractivity contribution < 1.29 is 4.74 Å². The molecule has 2 aromatic carbocycles. The Hall–Kier alpha value is -0.990. The van der Waals surface area contributed by atoms with Crippen LogP contribution in [0, 0.1) is 6.92 Å². The Balaban J connectivity index is 2.52. The van der Waals surface area contributed by atoms with Crippen LogP contribution in [0.25, 0.3) is 0 Å². The molecule has 0 radical (unpaired) electrons. The number of hydrogen-bond acceptors (Lipinski definition) is 1. The first-order valence-corrected chi connectivity index (χ1v) is 8.45. The molecule has 0 aliphatic heterocycles. The number of aryl methyl sites for hydroxylation is 1. The van der Waals surface area contributed by atoms with E-state index >= 15 is 0 Å². The minimum atomic E-state index is 0.0128. The number of rotatable bonds is 3. The maximum absolute atomic E-state index is 6.32. The Bertz CT molecular complexity index is 644. The summed E-state index contributed by atoms with van der Waals surface area (Å²) in [5.74, 6) is 1.60. The van der Waals surface area contributed by atoms with Gasteiger partial charge in [-0.05, 0) is 30.0 Å². The maximum atomic E-state index is 6.32. The molecule has 0 aromatic heterocycles. The number of hydrogen-bond donors (Lipinski definition) is 0. The minimum absolute atomic E-state index is 0.0128. The highest BCUT2D eigenvalue weighted by molar-refractivity contribution is 9.08. The van der Waals surface area contributed by atoms with Gasteiger partial charge >= 0.3 is 0 Å². The Morgan fingerprint density at radius 2 is 1.86 bits per heavy atom. The highest BCUT2D eigenvalue weighted by Gasteiger charge is 2.20. The predicted octanol–water partition coefficient (Wildman–Crippen LogP) is 6.63. The Kier molecular flexibility index (Phi) is 5.00. The molecule has 0 bridgehead atoms. The third-order valence-corrected chi connectivity index (χ3v) is 4.25. The van der Waals surface area contributed by atoms with Crippen LogP contribution in [0.2, 0.25) is 5.02 Å². The van der Waals surface area contributed by atoms with E-state index in [1.54, 1.807) is 0 Å². The monoisotopic (exact) mass is 366 g/mol. The third kappa shape index (κ3) is 3.81. The molecule has 0 saturated carbocycles. The summed E-state index contributed by atoms with van der Waals surface area (Å²) in [6.45, 7) is 8.62. The lowest BCUT2D eigenvalue weighted by Crippen LogP contribution is -2.12. The summed E-state index contributed by atoms with van der Waals surface area (Å²) in [5, 5.41) is 1.34. The molecule has 0 aliphatic rings. The van der Waals surface area contributed by atoms with E-state index < -0.39 is 0 Å². The van der Waals surface area contributed by atoms with Gasteiger partial charge in [0, 0.05) is 16.5 Å². The number of para-hydroxylation sites is 1. The Morgan fingerprint density at radius 3 is 2.48 bits per heavy atom. The zero-order valence-corrected chi connectivity index (χ0v) is 15.2. The summed E-state index contributed by atoms with van der Waals surface area (Å²) in [6.07, 6.45) is 0. The lowest BCUT2D eigenvalue weighted by molar-refractivity contribution is 0.452. The van der Waals surface area contributed by atoms with Crippen LogP contribution in [0.3, 0.4) is 0 Å². The van der Waals surface area contributed by atoms with Crippen molar-refractivity contribution in [3.63, 3.8) is 0 Å². The van der Waals surface area contributed by atoms with Crippen molar-refractivity contribution in [2.45, 2.75) is 38.4 Å². The molecule has 112 valence electrons. The van der Waals surface area contributed by atoms with Crippen molar-refractivity contribution in [2.24, 2.45) is 0 Å². The summed E-state index contributed by atoms with van der Waals surface area (Å²) in [4.78, 5) is 0. The van der Waals surface area contributed by atoms with Gasteiger partial charge in [0.15, 0.2) is 0 Å². The molecule has 2 aromatic rings. The number of benzene rings is 2. The normalized spacial score (nSPS) is 11.5. The van der Waals surface area contributed by atoms with Gasteiger partial charge in [-0.1, -0.05) is 72.6 Å². The molecular formula is C18H20BrClO. The zero-order chi connectivity index (χ0) is 15.6. The van der Waals surface area contributed by atoms with Gasteiger partial charge in [0.2, 0.25) is 0 Å². The van der Waals surface area contributed by atoms with Crippen LogP contribution in [-0.4, -0.2) is 0 Å². The van der Waals surface area contributed by atoms with Gasteiger partial charge in [-0.25, -0.2) is 0 Å². The fraction of sp³-hybridized carbons (Fsp3) is 0.333. The molecule has 0 N–H and O–H groups in total. The highest BCUT2D eigenvalue weighted by atomic mass is 79.9. The largest absolute Gasteiger partial charge is 0.455 e. The minimum Gasteiger partial charge on any atom is -0.455 e. The predicted molar refractivity (Wildman–Crippen MR) is 94.0 cm³/mol. The van der Waals surface area contributed by atoms with E-state index in [0.29, 0.717) is 10.4 Å². The molecule has 0 unspecified atom stereocenters. The van der Waals surface area contributed by atoms with E-state index in [1.165, 1.54) is 11.1 Å². The van der Waals surface area contributed by atoms with E-state index in [4.69, 9.17) is 16.3 Å². The fourth-order valence-electron chi connectivity index (χ4n) is 2.22. The second kappa shape index (κ2) is 6.41. The summed E-state index contributed by atoms with van der Waals surface area (Å²) in [6, 6.07) is 12.1. The maximum Gasteiger partial charge on any atom is 0.150 e. The first-order valence-electron chi connectivity index (χ1n) is 6.95. The van der Waals surface area contributed by atoms with Crippen molar-refractivity contribution in [1.29, 1.82) is 0 Å². The van der Waals surface area contributed by atoms with Crippen molar-refractivity contribution in [3.05, 3.63) is 58.1 Å². The molecule has 2 rings (SSSR count). The average molecular weight is 368 g/mol. The van der Waals surface area contributed by atoms with E-state index in [-0.39, 0.29) is 5.41 Å². The molecule has 0 aliphatic carbocycles. The van der Waals surface area contributed by atoms with E-state index in [0.717, 1.165) is 17.1 Å².